The molecule has 0 atom stereocenters. The second-order valence-electron chi connectivity index (χ2n) is 8.07. The summed E-state index contributed by atoms with van der Waals surface area (Å²) in [6, 6.07) is 20.4. The van der Waals surface area contributed by atoms with E-state index < -0.39 is 0 Å². The standard InChI is InChI=1S/C25H23BrN4O/c26-20-8-6-19(7-9-20)21-10-13-27-23-22(21)24(31)29-25(28-23)30-14-11-18(12-15-30)16-17-4-2-1-3-5-17/h1-10,13,18H,11-12,14-16H2,(H,27,28,29,31). The number of aromatic amines is 1. The molecule has 2 aromatic carbocycles. The van der Waals surface area contributed by atoms with Crippen LogP contribution in [0.4, 0.5) is 5.95 Å². The Morgan fingerprint density at radius 3 is 2.48 bits per heavy atom. The Hall–Kier alpha value is -2.99. The van der Waals surface area contributed by atoms with E-state index in [1.165, 1.54) is 5.56 Å². The summed E-state index contributed by atoms with van der Waals surface area (Å²) in [4.78, 5) is 27.4. The van der Waals surface area contributed by atoms with E-state index in [0.29, 0.717) is 22.9 Å². The van der Waals surface area contributed by atoms with E-state index in [2.05, 4.69) is 61.1 Å². The number of piperidine rings is 1. The highest BCUT2D eigenvalue weighted by atomic mass is 79.9. The van der Waals surface area contributed by atoms with Gasteiger partial charge in [0.2, 0.25) is 5.95 Å². The lowest BCUT2D eigenvalue weighted by Gasteiger charge is -2.32. The average Bonchev–Trinajstić information content (AvgIpc) is 2.80. The number of benzene rings is 2. The molecule has 156 valence electrons. The number of anilines is 1. The second-order valence-corrected chi connectivity index (χ2v) is 8.99. The molecule has 0 aliphatic carbocycles. The molecule has 1 aliphatic rings. The van der Waals surface area contributed by atoms with Crippen molar-refractivity contribution in [1.82, 2.24) is 15.0 Å². The van der Waals surface area contributed by atoms with Crippen LogP contribution >= 0.6 is 15.9 Å². The first-order chi connectivity index (χ1) is 15.2. The van der Waals surface area contributed by atoms with Crippen molar-refractivity contribution in [2.24, 2.45) is 5.92 Å². The Balaban J connectivity index is 1.38. The molecule has 5 rings (SSSR count). The molecular formula is C25H23BrN4O. The third-order valence-corrected chi connectivity index (χ3v) is 6.56. The summed E-state index contributed by atoms with van der Waals surface area (Å²) in [6.45, 7) is 1.77. The zero-order valence-electron chi connectivity index (χ0n) is 17.1. The zero-order chi connectivity index (χ0) is 21.2. The highest BCUT2D eigenvalue weighted by molar-refractivity contribution is 9.10. The predicted molar refractivity (Wildman–Crippen MR) is 128 cm³/mol. The van der Waals surface area contributed by atoms with Crippen molar-refractivity contribution in [3.8, 4) is 11.1 Å². The number of pyridine rings is 1. The smallest absolute Gasteiger partial charge is 0.262 e. The fourth-order valence-electron chi connectivity index (χ4n) is 4.37. The zero-order valence-corrected chi connectivity index (χ0v) is 18.7. The molecule has 1 fully saturated rings. The number of nitrogens with zero attached hydrogens (tertiary/aromatic N) is 3. The number of rotatable bonds is 4. The summed E-state index contributed by atoms with van der Waals surface area (Å²) in [5.41, 5.74) is 3.56. The van der Waals surface area contributed by atoms with Crippen molar-refractivity contribution in [3.05, 3.63) is 87.3 Å². The molecule has 5 nitrogen and oxygen atoms in total. The number of hydrogen-bond donors (Lipinski definition) is 1. The van der Waals surface area contributed by atoms with Crippen LogP contribution in [0.25, 0.3) is 22.2 Å². The maximum atomic E-state index is 13.0. The summed E-state index contributed by atoms with van der Waals surface area (Å²) in [6.07, 6.45) is 5.00. The largest absolute Gasteiger partial charge is 0.342 e. The van der Waals surface area contributed by atoms with E-state index >= 15 is 0 Å². The van der Waals surface area contributed by atoms with Gasteiger partial charge in [0.15, 0.2) is 5.65 Å². The summed E-state index contributed by atoms with van der Waals surface area (Å²) < 4.78 is 1.000. The minimum absolute atomic E-state index is 0.141. The number of nitrogens with one attached hydrogen (secondary N) is 1. The van der Waals surface area contributed by atoms with Crippen molar-refractivity contribution in [3.63, 3.8) is 0 Å². The summed E-state index contributed by atoms with van der Waals surface area (Å²) in [5, 5.41) is 0.535. The van der Waals surface area contributed by atoms with Gasteiger partial charge in [-0.2, -0.15) is 4.98 Å². The Morgan fingerprint density at radius 1 is 1.00 bits per heavy atom. The lowest BCUT2D eigenvalue weighted by molar-refractivity contribution is 0.400. The number of hydrogen-bond acceptors (Lipinski definition) is 4. The molecule has 0 unspecified atom stereocenters. The van der Waals surface area contributed by atoms with E-state index in [9.17, 15) is 4.79 Å². The number of H-pyrrole nitrogens is 1. The van der Waals surface area contributed by atoms with Crippen molar-refractivity contribution in [1.29, 1.82) is 0 Å². The van der Waals surface area contributed by atoms with E-state index in [-0.39, 0.29) is 5.56 Å². The van der Waals surface area contributed by atoms with Crippen molar-refractivity contribution in [2.45, 2.75) is 19.3 Å². The van der Waals surface area contributed by atoms with Crippen LogP contribution in [0.5, 0.6) is 0 Å². The minimum atomic E-state index is -0.141. The number of aromatic nitrogens is 3. The van der Waals surface area contributed by atoms with Gasteiger partial charge in [-0.3, -0.25) is 9.78 Å². The van der Waals surface area contributed by atoms with Gasteiger partial charge in [-0.05, 0) is 60.1 Å². The molecule has 1 saturated heterocycles. The van der Waals surface area contributed by atoms with Gasteiger partial charge in [0.1, 0.15) is 0 Å². The first kappa shape index (κ1) is 19.9. The van der Waals surface area contributed by atoms with Gasteiger partial charge in [0, 0.05) is 23.8 Å². The maximum absolute atomic E-state index is 13.0. The van der Waals surface area contributed by atoms with Crippen LogP contribution in [0.1, 0.15) is 18.4 Å². The molecule has 1 N–H and O–H groups in total. The second kappa shape index (κ2) is 8.63. The SMILES string of the molecule is O=c1[nH]c(N2CCC(Cc3ccccc3)CC2)nc2nccc(-c3ccc(Br)cc3)c12. The fourth-order valence-corrected chi connectivity index (χ4v) is 4.63. The average molecular weight is 475 g/mol. The van der Waals surface area contributed by atoms with Crippen LogP contribution in [0.2, 0.25) is 0 Å². The molecule has 0 spiro atoms. The Kier molecular flexibility index (Phi) is 5.55. The Bertz CT molecular complexity index is 1250. The summed E-state index contributed by atoms with van der Waals surface area (Å²) in [7, 11) is 0. The molecule has 0 bridgehead atoms. The van der Waals surface area contributed by atoms with Crippen molar-refractivity contribution >= 4 is 32.9 Å². The third-order valence-electron chi connectivity index (χ3n) is 6.03. The Labute approximate surface area is 189 Å². The molecule has 0 saturated carbocycles. The van der Waals surface area contributed by atoms with Crippen molar-refractivity contribution in [2.75, 3.05) is 18.0 Å². The van der Waals surface area contributed by atoms with E-state index in [4.69, 9.17) is 4.98 Å². The Morgan fingerprint density at radius 2 is 1.74 bits per heavy atom. The van der Waals surface area contributed by atoms with Gasteiger partial charge in [-0.25, -0.2) is 4.98 Å². The monoisotopic (exact) mass is 474 g/mol. The van der Waals surface area contributed by atoms with Crippen molar-refractivity contribution < 1.29 is 0 Å². The normalized spacial score (nSPS) is 14.8. The minimum Gasteiger partial charge on any atom is -0.342 e. The van der Waals surface area contributed by atoms with Crippen LogP contribution in [-0.2, 0) is 6.42 Å². The van der Waals surface area contributed by atoms with Gasteiger partial charge in [-0.1, -0.05) is 58.4 Å². The maximum Gasteiger partial charge on any atom is 0.262 e. The van der Waals surface area contributed by atoms with Gasteiger partial charge in [-0.15, -0.1) is 0 Å². The summed E-state index contributed by atoms with van der Waals surface area (Å²) >= 11 is 3.46. The third kappa shape index (κ3) is 4.26. The molecule has 1 aliphatic heterocycles. The summed E-state index contributed by atoms with van der Waals surface area (Å²) in [5.74, 6) is 1.28. The topological polar surface area (TPSA) is 61.9 Å². The molecule has 31 heavy (non-hydrogen) atoms. The number of halogens is 1. The highest BCUT2D eigenvalue weighted by Crippen LogP contribution is 2.28. The highest BCUT2D eigenvalue weighted by Gasteiger charge is 2.22. The van der Waals surface area contributed by atoms with E-state index in [1.807, 2.05) is 30.3 Å². The molecule has 4 aromatic rings. The molecule has 0 radical (unpaired) electrons. The molecule has 3 heterocycles. The van der Waals surface area contributed by atoms with Gasteiger partial charge in [0.25, 0.3) is 5.56 Å². The van der Waals surface area contributed by atoms with Crippen LogP contribution in [-0.4, -0.2) is 28.0 Å². The van der Waals surface area contributed by atoms with E-state index in [0.717, 1.165) is 48.0 Å². The van der Waals surface area contributed by atoms with Crippen LogP contribution in [0.3, 0.4) is 0 Å². The van der Waals surface area contributed by atoms with Gasteiger partial charge in [0.05, 0.1) is 5.39 Å². The van der Waals surface area contributed by atoms with E-state index in [1.54, 1.807) is 6.20 Å². The molecule has 0 amide bonds. The molecular weight excluding hydrogens is 452 g/mol. The molecule has 2 aromatic heterocycles. The van der Waals surface area contributed by atoms with Crippen LogP contribution in [0, 0.1) is 5.92 Å². The predicted octanol–water partition coefficient (Wildman–Crippen LogP) is 5.21. The van der Waals surface area contributed by atoms with Gasteiger partial charge < -0.3 is 4.90 Å². The quantitative estimate of drug-likeness (QED) is 0.441. The lowest BCUT2D eigenvalue weighted by atomic mass is 9.90. The first-order valence-corrected chi connectivity index (χ1v) is 11.4. The molecule has 6 heteroatoms. The first-order valence-electron chi connectivity index (χ1n) is 10.6. The number of fused-ring (bicyclic) bond motifs is 1. The van der Waals surface area contributed by atoms with Crippen LogP contribution < -0.4 is 10.5 Å². The van der Waals surface area contributed by atoms with Gasteiger partial charge >= 0.3 is 0 Å². The fraction of sp³-hybridized carbons (Fsp3) is 0.240. The lowest BCUT2D eigenvalue weighted by Crippen LogP contribution is -2.36. The van der Waals surface area contributed by atoms with Crippen LogP contribution in [0.15, 0.2) is 76.1 Å².